The average Bonchev–Trinajstić information content (AvgIpc) is 2.59. The zero-order chi connectivity index (χ0) is 17.6. The monoisotopic (exact) mass is 349 g/mol. The number of hydrogen-bond acceptors (Lipinski definition) is 3. The van der Waals surface area contributed by atoms with E-state index < -0.39 is 0 Å². The summed E-state index contributed by atoms with van der Waals surface area (Å²) in [4.78, 5) is 1.20. The second kappa shape index (κ2) is 13.2. The van der Waals surface area contributed by atoms with Gasteiger partial charge in [0.25, 0.3) is 0 Å². The van der Waals surface area contributed by atoms with Crippen molar-refractivity contribution in [2.24, 2.45) is 5.92 Å². The van der Waals surface area contributed by atoms with Crippen LogP contribution >= 0.6 is 12.2 Å². The number of phenols is 1. The van der Waals surface area contributed by atoms with Gasteiger partial charge in [-0.05, 0) is 48.6 Å². The van der Waals surface area contributed by atoms with Gasteiger partial charge in [-0.25, -0.2) is 0 Å². The molecule has 1 aromatic rings. The summed E-state index contributed by atoms with van der Waals surface area (Å²) in [5.74, 6) is 1.21. The number of anilines is 1. The van der Waals surface area contributed by atoms with E-state index in [4.69, 9.17) is 12.2 Å². The number of para-hydroxylation sites is 2. The van der Waals surface area contributed by atoms with Gasteiger partial charge in [0.2, 0.25) is 0 Å². The minimum Gasteiger partial charge on any atom is -0.506 e. The van der Waals surface area contributed by atoms with Crippen LogP contribution in [0.3, 0.4) is 0 Å². The van der Waals surface area contributed by atoms with Gasteiger partial charge < -0.3 is 10.4 Å². The molecule has 1 atom stereocenters. The molecule has 0 aliphatic heterocycles. The second-order valence-electron chi connectivity index (χ2n) is 6.91. The number of thiocarbonyl (C=S) groups is 1. The Labute approximate surface area is 154 Å². The van der Waals surface area contributed by atoms with E-state index >= 15 is 0 Å². The lowest BCUT2D eigenvalue weighted by Gasteiger charge is -2.09. The second-order valence-corrected chi connectivity index (χ2v) is 7.48. The molecule has 0 aliphatic carbocycles. The van der Waals surface area contributed by atoms with Gasteiger partial charge in [0.15, 0.2) is 0 Å². The Bertz CT molecular complexity index is 461. The summed E-state index contributed by atoms with van der Waals surface area (Å²) >= 11 is 5.48. The Morgan fingerprint density at radius 1 is 1.04 bits per heavy atom. The van der Waals surface area contributed by atoms with Crippen LogP contribution in [0.15, 0.2) is 24.3 Å². The fraction of sp³-hybridized carbons (Fsp3) is 0.667. The maximum Gasteiger partial charge on any atom is 0.138 e. The first kappa shape index (κ1) is 21.0. The van der Waals surface area contributed by atoms with Crippen molar-refractivity contribution in [2.75, 3.05) is 11.9 Å². The first-order chi connectivity index (χ1) is 11.6. The van der Waals surface area contributed by atoms with Crippen LogP contribution in [0.25, 0.3) is 0 Å². The molecular formula is C21H35NOS. The first-order valence-corrected chi connectivity index (χ1v) is 10.1. The van der Waals surface area contributed by atoms with Crippen LogP contribution in [-0.4, -0.2) is 16.5 Å². The van der Waals surface area contributed by atoms with Crippen molar-refractivity contribution >= 4 is 22.8 Å². The molecule has 3 heteroatoms. The molecule has 0 amide bonds. The smallest absolute Gasteiger partial charge is 0.138 e. The van der Waals surface area contributed by atoms with Crippen LogP contribution in [-0.2, 0) is 0 Å². The Morgan fingerprint density at radius 2 is 1.71 bits per heavy atom. The summed E-state index contributed by atoms with van der Waals surface area (Å²) < 4.78 is 0. The van der Waals surface area contributed by atoms with Crippen molar-refractivity contribution in [2.45, 2.75) is 78.1 Å². The van der Waals surface area contributed by atoms with Gasteiger partial charge in [-0.2, -0.15) is 0 Å². The van der Waals surface area contributed by atoms with E-state index in [-0.39, 0.29) is 0 Å². The molecule has 0 heterocycles. The third kappa shape index (κ3) is 9.92. The molecule has 1 aromatic carbocycles. The molecule has 1 unspecified atom stereocenters. The topological polar surface area (TPSA) is 32.3 Å². The van der Waals surface area contributed by atoms with E-state index in [2.05, 4.69) is 19.2 Å². The number of hydrogen-bond donors (Lipinski definition) is 2. The van der Waals surface area contributed by atoms with E-state index in [0.717, 1.165) is 37.4 Å². The molecular weight excluding hydrogens is 314 g/mol. The molecule has 0 aliphatic rings. The number of rotatable bonds is 14. The Balaban J connectivity index is 1.94. The predicted molar refractivity (Wildman–Crippen MR) is 110 cm³/mol. The number of nitrogens with one attached hydrogen (secondary N) is 1. The van der Waals surface area contributed by atoms with E-state index in [1.54, 1.807) is 6.07 Å². The van der Waals surface area contributed by atoms with Crippen LogP contribution in [0.1, 0.15) is 78.1 Å². The molecule has 0 spiro atoms. The van der Waals surface area contributed by atoms with Crippen molar-refractivity contribution in [1.82, 2.24) is 0 Å². The minimum absolute atomic E-state index is 0.313. The first-order valence-electron chi connectivity index (χ1n) is 9.67. The van der Waals surface area contributed by atoms with Crippen LogP contribution in [0.5, 0.6) is 5.75 Å². The molecule has 0 radical (unpaired) electrons. The van der Waals surface area contributed by atoms with Gasteiger partial charge in [-0.1, -0.05) is 76.7 Å². The van der Waals surface area contributed by atoms with Gasteiger partial charge in [0.1, 0.15) is 5.75 Å². The fourth-order valence-electron chi connectivity index (χ4n) is 2.81. The van der Waals surface area contributed by atoms with Crippen molar-refractivity contribution in [3.63, 3.8) is 0 Å². The minimum atomic E-state index is 0.313. The maximum absolute atomic E-state index is 9.68. The number of aromatic hydroxyl groups is 1. The summed E-state index contributed by atoms with van der Waals surface area (Å²) in [6.45, 7) is 5.49. The zero-order valence-electron chi connectivity index (χ0n) is 15.5. The number of unbranched alkanes of at least 4 members (excludes halogenated alkanes) is 4. The molecule has 0 bridgehead atoms. The molecule has 0 aromatic heterocycles. The van der Waals surface area contributed by atoms with Crippen LogP contribution in [0.2, 0.25) is 0 Å². The summed E-state index contributed by atoms with van der Waals surface area (Å²) in [7, 11) is 0. The summed E-state index contributed by atoms with van der Waals surface area (Å²) in [5, 5.41) is 12.9. The predicted octanol–water partition coefficient (Wildman–Crippen LogP) is 6.73. The molecule has 0 saturated carbocycles. The molecule has 0 fully saturated rings. The lowest BCUT2D eigenvalue weighted by molar-refractivity contribution is 0.473. The van der Waals surface area contributed by atoms with E-state index in [0.29, 0.717) is 5.75 Å². The SMILES string of the molecule is CCC(C)CCCCCCCC(=S)CCCNc1ccccc1O. The van der Waals surface area contributed by atoms with Crippen molar-refractivity contribution in [1.29, 1.82) is 0 Å². The lowest BCUT2D eigenvalue weighted by Crippen LogP contribution is -2.04. The quantitative estimate of drug-likeness (QED) is 0.222. The van der Waals surface area contributed by atoms with E-state index in [1.807, 2.05) is 18.2 Å². The Morgan fingerprint density at radius 3 is 2.46 bits per heavy atom. The van der Waals surface area contributed by atoms with Crippen molar-refractivity contribution in [3.8, 4) is 5.75 Å². The van der Waals surface area contributed by atoms with Crippen LogP contribution < -0.4 is 5.32 Å². The highest BCUT2D eigenvalue weighted by atomic mass is 32.1. The lowest BCUT2D eigenvalue weighted by atomic mass is 9.99. The summed E-state index contributed by atoms with van der Waals surface area (Å²) in [6.07, 6.45) is 12.5. The summed E-state index contributed by atoms with van der Waals surface area (Å²) in [6, 6.07) is 7.36. The van der Waals surface area contributed by atoms with Gasteiger partial charge in [-0.15, -0.1) is 0 Å². The standard InChI is InChI=1S/C21H35NOS/c1-3-18(2)12-7-5-4-6-8-13-19(24)14-11-17-22-20-15-9-10-16-21(20)23/h9-10,15-16,18,22-23H,3-8,11-14,17H2,1-2H3. The zero-order valence-corrected chi connectivity index (χ0v) is 16.3. The maximum atomic E-state index is 9.68. The van der Waals surface area contributed by atoms with Crippen molar-refractivity contribution < 1.29 is 5.11 Å². The normalized spacial score (nSPS) is 12.1. The number of benzene rings is 1. The highest BCUT2D eigenvalue weighted by Gasteiger charge is 2.01. The third-order valence-corrected chi connectivity index (χ3v) is 5.11. The van der Waals surface area contributed by atoms with Crippen LogP contribution in [0.4, 0.5) is 5.69 Å². The van der Waals surface area contributed by atoms with E-state index in [1.165, 1.54) is 49.8 Å². The van der Waals surface area contributed by atoms with E-state index in [9.17, 15) is 5.11 Å². The average molecular weight is 350 g/mol. The fourth-order valence-corrected chi connectivity index (χ4v) is 3.09. The molecule has 0 saturated heterocycles. The molecule has 136 valence electrons. The Kier molecular flexibility index (Phi) is 11.5. The summed E-state index contributed by atoms with van der Waals surface area (Å²) in [5.41, 5.74) is 0.806. The molecule has 24 heavy (non-hydrogen) atoms. The van der Waals surface area contributed by atoms with Crippen molar-refractivity contribution in [3.05, 3.63) is 24.3 Å². The Hall–Kier alpha value is -1.09. The molecule has 1 rings (SSSR count). The van der Waals surface area contributed by atoms with Gasteiger partial charge in [0, 0.05) is 6.54 Å². The van der Waals surface area contributed by atoms with Crippen LogP contribution in [0, 0.1) is 5.92 Å². The van der Waals surface area contributed by atoms with Gasteiger partial charge in [-0.3, -0.25) is 0 Å². The highest BCUT2D eigenvalue weighted by molar-refractivity contribution is 7.80. The van der Waals surface area contributed by atoms with Gasteiger partial charge in [0.05, 0.1) is 5.69 Å². The number of phenolic OH excluding ortho intramolecular Hbond substituents is 1. The molecule has 2 N–H and O–H groups in total. The van der Waals surface area contributed by atoms with Gasteiger partial charge >= 0.3 is 0 Å². The highest BCUT2D eigenvalue weighted by Crippen LogP contribution is 2.21. The third-order valence-electron chi connectivity index (χ3n) is 4.70. The largest absolute Gasteiger partial charge is 0.506 e. The molecule has 2 nitrogen and oxygen atoms in total.